The predicted octanol–water partition coefficient (Wildman–Crippen LogP) is 6.77. The molecule has 37 heavy (non-hydrogen) atoms. The number of aliphatic hydroxyl groups is 1. The number of hydrogen-bond donors (Lipinski definition) is 1. The molecular formula is C30H28ClFN2O3. The quantitative estimate of drug-likeness (QED) is 0.151. The summed E-state index contributed by atoms with van der Waals surface area (Å²) in [5.74, 6) is -0.775. The summed E-state index contributed by atoms with van der Waals surface area (Å²) in [5.41, 5.74) is 6.40. The van der Waals surface area contributed by atoms with Crippen molar-refractivity contribution in [3.63, 3.8) is 0 Å². The van der Waals surface area contributed by atoms with Gasteiger partial charge >= 0.3 is 5.97 Å². The monoisotopic (exact) mass is 518 g/mol. The van der Waals surface area contributed by atoms with Crippen LogP contribution in [0.2, 0.25) is 5.02 Å². The summed E-state index contributed by atoms with van der Waals surface area (Å²) >= 11 is 6.51. The Balaban J connectivity index is 1.86. The molecule has 0 aliphatic rings. The number of ether oxygens (including phenoxy) is 1. The molecule has 0 unspecified atom stereocenters. The fourth-order valence-electron chi connectivity index (χ4n) is 4.38. The highest BCUT2D eigenvalue weighted by Crippen LogP contribution is 2.38. The maximum atomic E-state index is 13.9. The number of carbonyl (C=O) groups is 1. The Morgan fingerprint density at radius 3 is 2.51 bits per heavy atom. The normalized spacial score (nSPS) is 12.2. The Morgan fingerprint density at radius 1 is 1.08 bits per heavy atom. The molecule has 5 nitrogen and oxygen atoms in total. The summed E-state index contributed by atoms with van der Waals surface area (Å²) in [7, 11) is 0. The summed E-state index contributed by atoms with van der Waals surface area (Å²) in [6.45, 7) is 4.55. The van der Waals surface area contributed by atoms with Gasteiger partial charge in [0, 0.05) is 11.5 Å². The number of aliphatic hydroxyl groups excluding tert-OH is 1. The van der Waals surface area contributed by atoms with Crippen LogP contribution in [-0.4, -0.2) is 34.1 Å². The first-order valence-electron chi connectivity index (χ1n) is 12.2. The number of nitrogens with zero attached hydrogens (tertiary/aromatic N) is 2. The molecular weight excluding hydrogens is 491 g/mol. The highest BCUT2D eigenvalue weighted by Gasteiger charge is 2.17. The zero-order valence-corrected chi connectivity index (χ0v) is 21.5. The van der Waals surface area contributed by atoms with Gasteiger partial charge in [0.25, 0.3) is 0 Å². The van der Waals surface area contributed by atoms with Crippen LogP contribution in [0.3, 0.4) is 0 Å². The molecule has 0 bridgehead atoms. The molecule has 1 heterocycles. The smallest absolute Gasteiger partial charge is 0.330 e. The van der Waals surface area contributed by atoms with Gasteiger partial charge in [-0.1, -0.05) is 54.9 Å². The SMILES string of the molecule is CCOC(=O)/C=C/c1ccc(/C(=C(/CC)c2ccc(F)cc2Cl)c2ccc3c(cnn3CCO)c2)cc1. The molecule has 7 heteroatoms. The molecule has 0 saturated heterocycles. The lowest BCUT2D eigenvalue weighted by atomic mass is 9.87. The second kappa shape index (κ2) is 12.0. The third-order valence-corrected chi connectivity index (χ3v) is 6.36. The lowest BCUT2D eigenvalue weighted by Gasteiger charge is -2.18. The molecule has 0 aliphatic heterocycles. The molecule has 1 N–H and O–H groups in total. The molecule has 3 aromatic carbocycles. The average Bonchev–Trinajstić information content (AvgIpc) is 3.29. The van der Waals surface area contributed by atoms with E-state index in [-0.39, 0.29) is 18.4 Å². The molecule has 0 fully saturated rings. The summed E-state index contributed by atoms with van der Waals surface area (Å²) in [6.07, 6.45) is 5.56. The minimum atomic E-state index is -0.388. The minimum absolute atomic E-state index is 0.00367. The zero-order chi connectivity index (χ0) is 26.4. The van der Waals surface area contributed by atoms with Crippen molar-refractivity contribution in [1.82, 2.24) is 9.78 Å². The molecule has 190 valence electrons. The van der Waals surface area contributed by atoms with Crippen molar-refractivity contribution in [1.29, 1.82) is 0 Å². The summed E-state index contributed by atoms with van der Waals surface area (Å²) in [4.78, 5) is 11.7. The van der Waals surface area contributed by atoms with E-state index in [1.54, 1.807) is 29.9 Å². The number of allylic oxidation sites excluding steroid dienone is 1. The van der Waals surface area contributed by atoms with Gasteiger partial charge in [-0.05, 0) is 77.1 Å². The van der Waals surface area contributed by atoms with E-state index >= 15 is 0 Å². The number of hydrogen-bond acceptors (Lipinski definition) is 4. The van der Waals surface area contributed by atoms with Crippen molar-refractivity contribution in [3.8, 4) is 0 Å². The maximum Gasteiger partial charge on any atom is 0.330 e. The van der Waals surface area contributed by atoms with Crippen LogP contribution in [0.15, 0.2) is 72.9 Å². The minimum Gasteiger partial charge on any atom is -0.463 e. The van der Waals surface area contributed by atoms with E-state index in [0.29, 0.717) is 24.6 Å². The van der Waals surface area contributed by atoms with Gasteiger partial charge in [0.05, 0.1) is 36.5 Å². The first kappa shape index (κ1) is 26.3. The molecule has 0 saturated carbocycles. The molecule has 0 radical (unpaired) electrons. The van der Waals surface area contributed by atoms with E-state index in [0.717, 1.165) is 44.3 Å². The van der Waals surface area contributed by atoms with E-state index in [4.69, 9.17) is 16.3 Å². The topological polar surface area (TPSA) is 64.3 Å². The fraction of sp³-hybridized carbons (Fsp3) is 0.200. The van der Waals surface area contributed by atoms with Crippen molar-refractivity contribution >= 4 is 45.7 Å². The molecule has 1 aromatic heterocycles. The van der Waals surface area contributed by atoms with Gasteiger partial charge in [-0.15, -0.1) is 0 Å². The van der Waals surface area contributed by atoms with Crippen LogP contribution < -0.4 is 0 Å². The second-order valence-corrected chi connectivity index (χ2v) is 8.81. The van der Waals surface area contributed by atoms with E-state index in [1.165, 1.54) is 18.2 Å². The Hall–Kier alpha value is -3.74. The largest absolute Gasteiger partial charge is 0.463 e. The molecule has 0 amide bonds. The highest BCUT2D eigenvalue weighted by atomic mass is 35.5. The second-order valence-electron chi connectivity index (χ2n) is 8.40. The van der Waals surface area contributed by atoms with Crippen LogP contribution in [0, 0.1) is 5.82 Å². The van der Waals surface area contributed by atoms with E-state index in [2.05, 4.69) is 11.2 Å². The first-order chi connectivity index (χ1) is 17.9. The van der Waals surface area contributed by atoms with Gasteiger partial charge in [-0.25, -0.2) is 9.18 Å². The highest BCUT2D eigenvalue weighted by molar-refractivity contribution is 6.32. The fourth-order valence-corrected chi connectivity index (χ4v) is 4.66. The number of rotatable bonds is 9. The van der Waals surface area contributed by atoms with Crippen LogP contribution in [0.5, 0.6) is 0 Å². The number of aromatic nitrogens is 2. The number of carbonyl (C=O) groups excluding carboxylic acids is 1. The molecule has 4 aromatic rings. The number of halogens is 2. The molecule has 0 aliphatic carbocycles. The standard InChI is InChI=1S/C30H28ClFN2O3/c1-3-25(26-12-11-24(32)18-27(26)31)30(21-8-5-20(6-9-21)7-14-29(36)37-4-2)22-10-13-28-23(17-22)19-33-34(28)15-16-35/h5-14,17-19,35H,3-4,15-16H2,1-2H3/b14-7+,30-25+. The van der Waals surface area contributed by atoms with Crippen molar-refractivity contribution in [3.05, 3.63) is 106 Å². The number of benzene rings is 3. The van der Waals surface area contributed by atoms with Gasteiger partial charge < -0.3 is 9.84 Å². The third-order valence-electron chi connectivity index (χ3n) is 6.05. The molecule has 4 rings (SSSR count). The van der Waals surface area contributed by atoms with Gasteiger partial charge in [-0.3, -0.25) is 4.68 Å². The van der Waals surface area contributed by atoms with Crippen LogP contribution in [-0.2, 0) is 16.1 Å². The molecule has 0 spiro atoms. The number of fused-ring (bicyclic) bond motifs is 1. The average molecular weight is 519 g/mol. The Kier molecular flexibility index (Phi) is 8.54. The summed E-state index contributed by atoms with van der Waals surface area (Å²) in [5, 5.41) is 15.0. The van der Waals surface area contributed by atoms with Gasteiger partial charge in [0.1, 0.15) is 5.82 Å². The maximum absolute atomic E-state index is 13.9. The van der Waals surface area contributed by atoms with E-state index < -0.39 is 0 Å². The van der Waals surface area contributed by atoms with E-state index in [9.17, 15) is 14.3 Å². The summed E-state index contributed by atoms with van der Waals surface area (Å²) < 4.78 is 20.6. The lowest BCUT2D eigenvalue weighted by molar-refractivity contribution is -0.137. The Labute approximate surface area is 220 Å². The van der Waals surface area contributed by atoms with Crippen molar-refractivity contribution in [2.45, 2.75) is 26.8 Å². The van der Waals surface area contributed by atoms with Crippen molar-refractivity contribution < 1.29 is 19.0 Å². The first-order valence-corrected chi connectivity index (χ1v) is 12.5. The van der Waals surface area contributed by atoms with Crippen LogP contribution in [0.25, 0.3) is 28.1 Å². The third kappa shape index (κ3) is 5.98. The van der Waals surface area contributed by atoms with Gasteiger partial charge in [0.2, 0.25) is 0 Å². The predicted molar refractivity (Wildman–Crippen MR) is 147 cm³/mol. The Bertz CT molecular complexity index is 1470. The van der Waals surface area contributed by atoms with Crippen LogP contribution in [0.1, 0.15) is 42.5 Å². The van der Waals surface area contributed by atoms with Crippen LogP contribution in [0.4, 0.5) is 4.39 Å². The zero-order valence-electron chi connectivity index (χ0n) is 20.7. The van der Waals surface area contributed by atoms with Gasteiger partial charge in [-0.2, -0.15) is 5.10 Å². The lowest BCUT2D eigenvalue weighted by Crippen LogP contribution is -2.03. The Morgan fingerprint density at radius 2 is 1.84 bits per heavy atom. The van der Waals surface area contributed by atoms with Crippen LogP contribution >= 0.6 is 11.6 Å². The van der Waals surface area contributed by atoms with Crippen molar-refractivity contribution in [2.75, 3.05) is 13.2 Å². The molecule has 0 atom stereocenters. The number of esters is 1. The van der Waals surface area contributed by atoms with Crippen molar-refractivity contribution in [2.24, 2.45) is 0 Å². The van der Waals surface area contributed by atoms with Gasteiger partial charge in [0.15, 0.2) is 0 Å². The van der Waals surface area contributed by atoms with E-state index in [1.807, 2.05) is 43.3 Å². The summed E-state index contributed by atoms with van der Waals surface area (Å²) in [6, 6.07) is 18.4.